The average molecular weight is 721 g/mol. The fraction of sp³-hybridized carbons (Fsp3) is 0.0545. The van der Waals surface area contributed by atoms with Crippen LogP contribution in [0.2, 0.25) is 0 Å². The third-order valence-electron chi connectivity index (χ3n) is 12.7. The van der Waals surface area contributed by atoms with Gasteiger partial charge in [0.05, 0.1) is 23.3 Å². The van der Waals surface area contributed by atoms with Gasteiger partial charge in [-0.05, 0) is 181 Å². The van der Waals surface area contributed by atoms with E-state index >= 15 is 0 Å². The zero-order chi connectivity index (χ0) is 38.1. The standard InChI is InChI=1S/C55H32N2/c1-30(2)43-23-32(29-57)17-20-36(43)44-24-45-37(46-25-47-38-11-3-7-33-8-4-12-39(52(33)38)48(47)26-50(44)46)21-22-41-49(45)27-51-40-13-5-9-34-10-6-14-42(53(34)40)55(51)54(41)35-18-15-31(28-56)16-19-35/h3-27,30H,1-2H3. The van der Waals surface area contributed by atoms with Crippen LogP contribution in [-0.4, -0.2) is 0 Å². The molecule has 2 aliphatic rings. The lowest BCUT2D eigenvalue weighted by atomic mass is 9.82. The molecular weight excluding hydrogens is 689 g/mol. The first-order valence-electron chi connectivity index (χ1n) is 19.6. The summed E-state index contributed by atoms with van der Waals surface area (Å²) in [5, 5.41) is 32.1. The number of nitriles is 2. The quantitative estimate of drug-likeness (QED) is 0.171. The van der Waals surface area contributed by atoms with Crippen LogP contribution in [0.15, 0.2) is 152 Å². The molecule has 10 aromatic carbocycles. The van der Waals surface area contributed by atoms with Crippen LogP contribution in [0.1, 0.15) is 36.5 Å². The molecule has 262 valence electrons. The summed E-state index contributed by atoms with van der Waals surface area (Å²) in [6, 6.07) is 60.1. The van der Waals surface area contributed by atoms with Crippen molar-refractivity contribution in [2.45, 2.75) is 19.8 Å². The van der Waals surface area contributed by atoms with Crippen molar-refractivity contribution in [1.82, 2.24) is 0 Å². The van der Waals surface area contributed by atoms with E-state index in [4.69, 9.17) is 0 Å². The summed E-state index contributed by atoms with van der Waals surface area (Å²) in [5.74, 6) is 0.212. The first-order valence-corrected chi connectivity index (χ1v) is 19.6. The van der Waals surface area contributed by atoms with Crippen molar-refractivity contribution >= 4 is 53.9 Å². The molecule has 0 bridgehead atoms. The van der Waals surface area contributed by atoms with E-state index in [2.05, 4.69) is 159 Å². The van der Waals surface area contributed by atoms with Gasteiger partial charge in [-0.15, -0.1) is 0 Å². The van der Waals surface area contributed by atoms with Crippen molar-refractivity contribution in [3.63, 3.8) is 0 Å². The molecule has 2 heteroatoms. The fourth-order valence-corrected chi connectivity index (χ4v) is 10.2. The molecule has 0 unspecified atom stereocenters. The largest absolute Gasteiger partial charge is 0.192 e. The average Bonchev–Trinajstić information content (AvgIpc) is 3.75. The van der Waals surface area contributed by atoms with E-state index in [0.717, 1.165) is 11.1 Å². The molecule has 2 aliphatic carbocycles. The number of benzene rings is 10. The molecule has 0 amide bonds. The van der Waals surface area contributed by atoms with Gasteiger partial charge < -0.3 is 0 Å². The summed E-state index contributed by atoms with van der Waals surface area (Å²) in [5.41, 5.74) is 17.2. The summed E-state index contributed by atoms with van der Waals surface area (Å²) in [6.45, 7) is 4.44. The van der Waals surface area contributed by atoms with E-state index in [9.17, 15) is 10.5 Å². The maximum atomic E-state index is 9.98. The molecule has 0 saturated heterocycles. The second kappa shape index (κ2) is 11.5. The highest BCUT2D eigenvalue weighted by atomic mass is 14.3. The topological polar surface area (TPSA) is 47.6 Å². The number of fused-ring (bicyclic) bond motifs is 11. The van der Waals surface area contributed by atoms with Gasteiger partial charge in [0.15, 0.2) is 0 Å². The Morgan fingerprint density at radius 2 is 0.877 bits per heavy atom. The Labute approximate surface area is 330 Å². The second-order valence-corrected chi connectivity index (χ2v) is 16.0. The van der Waals surface area contributed by atoms with Crippen LogP contribution in [0.3, 0.4) is 0 Å². The van der Waals surface area contributed by atoms with Crippen LogP contribution in [0.4, 0.5) is 0 Å². The van der Waals surface area contributed by atoms with Crippen LogP contribution in [0.25, 0.3) is 121 Å². The van der Waals surface area contributed by atoms with E-state index in [0.29, 0.717) is 11.1 Å². The summed E-state index contributed by atoms with van der Waals surface area (Å²) < 4.78 is 0. The van der Waals surface area contributed by atoms with Gasteiger partial charge in [-0.25, -0.2) is 0 Å². The summed E-state index contributed by atoms with van der Waals surface area (Å²) >= 11 is 0. The SMILES string of the molecule is CC(C)c1cc(C#N)ccc1-c1cc2c3cc4c(c(-c5ccc(C#N)cc5)c3ccc2c2cc3c(cc12)-c1cccc2cccc-3c12)-c1cccc2cccc-4c12. The van der Waals surface area contributed by atoms with Crippen molar-refractivity contribution in [3.05, 3.63) is 168 Å². The minimum Gasteiger partial charge on any atom is -0.192 e. The minimum atomic E-state index is 0.212. The Morgan fingerprint density at radius 1 is 0.368 bits per heavy atom. The highest BCUT2D eigenvalue weighted by molar-refractivity contribution is 6.29. The van der Waals surface area contributed by atoms with Crippen LogP contribution < -0.4 is 0 Å². The lowest BCUT2D eigenvalue weighted by molar-refractivity contribution is 0.868. The van der Waals surface area contributed by atoms with E-state index in [-0.39, 0.29) is 5.92 Å². The molecule has 2 nitrogen and oxygen atoms in total. The molecule has 0 saturated carbocycles. The van der Waals surface area contributed by atoms with Gasteiger partial charge in [0.1, 0.15) is 0 Å². The lowest BCUT2D eigenvalue weighted by Gasteiger charge is -2.21. The van der Waals surface area contributed by atoms with Gasteiger partial charge in [0, 0.05) is 0 Å². The van der Waals surface area contributed by atoms with Crippen LogP contribution >= 0.6 is 0 Å². The van der Waals surface area contributed by atoms with E-state index in [1.54, 1.807) is 0 Å². The van der Waals surface area contributed by atoms with E-state index in [1.807, 2.05) is 18.2 Å². The Balaban J connectivity index is 1.26. The van der Waals surface area contributed by atoms with Gasteiger partial charge in [-0.2, -0.15) is 10.5 Å². The molecule has 0 N–H and O–H groups in total. The van der Waals surface area contributed by atoms with Crippen LogP contribution in [-0.2, 0) is 0 Å². The molecule has 0 heterocycles. The highest BCUT2D eigenvalue weighted by Crippen LogP contribution is 2.56. The normalized spacial score (nSPS) is 12.2. The van der Waals surface area contributed by atoms with Gasteiger partial charge in [-0.1, -0.05) is 117 Å². The predicted octanol–water partition coefficient (Wildman–Crippen LogP) is 14.9. The van der Waals surface area contributed by atoms with E-state index in [1.165, 1.54) is 115 Å². The Bertz CT molecular complexity index is 3540. The maximum absolute atomic E-state index is 9.98. The fourth-order valence-electron chi connectivity index (χ4n) is 10.2. The zero-order valence-electron chi connectivity index (χ0n) is 31.4. The predicted molar refractivity (Wildman–Crippen MR) is 237 cm³/mol. The monoisotopic (exact) mass is 720 g/mol. The highest BCUT2D eigenvalue weighted by Gasteiger charge is 2.29. The molecule has 57 heavy (non-hydrogen) atoms. The number of nitrogens with zero attached hydrogens (tertiary/aromatic N) is 2. The first kappa shape index (κ1) is 31.8. The van der Waals surface area contributed by atoms with Crippen molar-refractivity contribution in [3.8, 4) is 78.9 Å². The Kier molecular flexibility index (Phi) is 6.42. The van der Waals surface area contributed by atoms with E-state index < -0.39 is 0 Å². The molecular formula is C55H32N2. The zero-order valence-corrected chi connectivity index (χ0v) is 31.4. The van der Waals surface area contributed by atoms with Gasteiger partial charge in [0.25, 0.3) is 0 Å². The summed E-state index contributed by atoms with van der Waals surface area (Å²) in [6.07, 6.45) is 0. The van der Waals surface area contributed by atoms with Crippen molar-refractivity contribution in [2.75, 3.05) is 0 Å². The van der Waals surface area contributed by atoms with Gasteiger partial charge >= 0.3 is 0 Å². The van der Waals surface area contributed by atoms with Crippen LogP contribution in [0.5, 0.6) is 0 Å². The number of hydrogen-bond acceptors (Lipinski definition) is 2. The summed E-state index contributed by atoms with van der Waals surface area (Å²) in [7, 11) is 0. The third-order valence-corrected chi connectivity index (χ3v) is 12.7. The Morgan fingerprint density at radius 3 is 1.53 bits per heavy atom. The summed E-state index contributed by atoms with van der Waals surface area (Å²) in [4.78, 5) is 0. The molecule has 12 rings (SSSR count). The number of hydrogen-bond donors (Lipinski definition) is 0. The first-order chi connectivity index (χ1) is 28.0. The maximum Gasteiger partial charge on any atom is 0.0991 e. The molecule has 0 aromatic heterocycles. The molecule has 0 atom stereocenters. The minimum absolute atomic E-state index is 0.212. The van der Waals surface area contributed by atoms with Gasteiger partial charge in [-0.3, -0.25) is 0 Å². The molecule has 0 fully saturated rings. The van der Waals surface area contributed by atoms with Crippen molar-refractivity contribution in [2.24, 2.45) is 0 Å². The van der Waals surface area contributed by atoms with Gasteiger partial charge in [0.2, 0.25) is 0 Å². The second-order valence-electron chi connectivity index (χ2n) is 16.0. The van der Waals surface area contributed by atoms with Crippen molar-refractivity contribution in [1.29, 1.82) is 10.5 Å². The molecule has 10 aromatic rings. The lowest BCUT2D eigenvalue weighted by Crippen LogP contribution is -1.96. The van der Waals surface area contributed by atoms with Crippen molar-refractivity contribution < 1.29 is 0 Å². The Hall–Kier alpha value is -7.52. The van der Waals surface area contributed by atoms with Crippen LogP contribution in [0, 0.1) is 22.7 Å². The molecule has 0 radical (unpaired) electrons. The molecule has 0 aliphatic heterocycles. The smallest absolute Gasteiger partial charge is 0.0991 e. The number of rotatable bonds is 3. The molecule has 0 spiro atoms. The third kappa shape index (κ3) is 4.28.